The molecule has 0 saturated heterocycles. The van der Waals surface area contributed by atoms with Crippen molar-refractivity contribution in [3.05, 3.63) is 41.7 Å². The lowest BCUT2D eigenvalue weighted by Gasteiger charge is -2.01. The maximum Gasteiger partial charge on any atom is 0.128 e. The minimum Gasteiger partial charge on any atom is -0.383 e. The molecule has 0 unspecified atom stereocenters. The lowest BCUT2D eigenvalue weighted by molar-refractivity contribution is 0.199. The first-order valence-corrected chi connectivity index (χ1v) is 5.76. The molecule has 0 atom stereocenters. The van der Waals surface area contributed by atoms with Gasteiger partial charge in [0.1, 0.15) is 11.6 Å². The Morgan fingerprint density at radius 1 is 1.26 bits per heavy atom. The van der Waals surface area contributed by atoms with Crippen molar-refractivity contribution < 1.29 is 13.5 Å². The fraction of sp³-hybridized carbons (Fsp3) is 0.333. The molecule has 102 valence electrons. The fourth-order valence-electron chi connectivity index (χ4n) is 1.57. The lowest BCUT2D eigenvalue weighted by Crippen LogP contribution is -2.18. The first kappa shape index (κ1) is 13.6. The van der Waals surface area contributed by atoms with Gasteiger partial charge in [-0.05, 0) is 12.1 Å². The van der Waals surface area contributed by atoms with Crippen molar-refractivity contribution in [2.24, 2.45) is 0 Å². The van der Waals surface area contributed by atoms with E-state index in [1.807, 2.05) is 0 Å². The average molecular weight is 268 g/mol. The summed E-state index contributed by atoms with van der Waals surface area (Å²) in [5, 5.41) is 10.8. The summed E-state index contributed by atoms with van der Waals surface area (Å²) in [5.74, 6) is -1.30. The van der Waals surface area contributed by atoms with Gasteiger partial charge in [0.2, 0.25) is 0 Å². The van der Waals surface area contributed by atoms with Crippen LogP contribution < -0.4 is 5.32 Å². The van der Waals surface area contributed by atoms with Gasteiger partial charge < -0.3 is 10.1 Å². The van der Waals surface area contributed by atoms with Gasteiger partial charge in [0, 0.05) is 26.3 Å². The van der Waals surface area contributed by atoms with Crippen LogP contribution in [-0.4, -0.2) is 35.3 Å². The summed E-state index contributed by atoms with van der Waals surface area (Å²) in [6.45, 7) is 1.81. The molecule has 1 N–H and O–H groups in total. The van der Waals surface area contributed by atoms with Crippen LogP contribution in [0.5, 0.6) is 0 Å². The largest absolute Gasteiger partial charge is 0.383 e. The van der Waals surface area contributed by atoms with Gasteiger partial charge in [-0.1, -0.05) is 5.21 Å². The molecule has 0 saturated carbocycles. The molecule has 0 aliphatic heterocycles. The van der Waals surface area contributed by atoms with E-state index in [0.717, 1.165) is 6.07 Å². The number of benzene rings is 1. The highest BCUT2D eigenvalue weighted by molar-refractivity contribution is 5.31. The summed E-state index contributed by atoms with van der Waals surface area (Å²) in [5.41, 5.74) is 0.980. The van der Waals surface area contributed by atoms with Crippen LogP contribution in [0.4, 0.5) is 8.78 Å². The molecule has 0 radical (unpaired) electrons. The van der Waals surface area contributed by atoms with E-state index in [0.29, 0.717) is 31.1 Å². The van der Waals surface area contributed by atoms with E-state index in [2.05, 4.69) is 15.6 Å². The monoisotopic (exact) mass is 268 g/mol. The number of halogens is 2. The molecule has 1 heterocycles. The molecular formula is C12H14F2N4O. The van der Waals surface area contributed by atoms with Crippen LogP contribution in [0.25, 0.3) is 5.69 Å². The van der Waals surface area contributed by atoms with E-state index in [-0.39, 0.29) is 0 Å². The third-order valence-electron chi connectivity index (χ3n) is 2.44. The molecule has 1 aromatic heterocycles. The normalized spacial score (nSPS) is 10.9. The molecule has 19 heavy (non-hydrogen) atoms. The van der Waals surface area contributed by atoms with E-state index in [4.69, 9.17) is 4.74 Å². The number of hydrogen-bond donors (Lipinski definition) is 1. The number of hydrogen-bond acceptors (Lipinski definition) is 4. The summed E-state index contributed by atoms with van der Waals surface area (Å²) < 4.78 is 32.4. The van der Waals surface area contributed by atoms with E-state index in [1.54, 1.807) is 13.3 Å². The van der Waals surface area contributed by atoms with Crippen LogP contribution >= 0.6 is 0 Å². The second-order valence-electron chi connectivity index (χ2n) is 3.95. The van der Waals surface area contributed by atoms with Crippen molar-refractivity contribution in [2.75, 3.05) is 20.3 Å². The minimum absolute atomic E-state index is 0.299. The van der Waals surface area contributed by atoms with Crippen LogP contribution in [0.1, 0.15) is 5.69 Å². The molecule has 0 amide bonds. The van der Waals surface area contributed by atoms with Gasteiger partial charge in [-0.2, -0.15) is 0 Å². The number of nitrogens with zero attached hydrogens (tertiary/aromatic N) is 3. The van der Waals surface area contributed by atoms with Gasteiger partial charge in [-0.25, -0.2) is 13.5 Å². The summed E-state index contributed by atoms with van der Waals surface area (Å²) >= 11 is 0. The summed E-state index contributed by atoms with van der Waals surface area (Å²) in [7, 11) is 1.62. The topological polar surface area (TPSA) is 52.0 Å². The summed E-state index contributed by atoms with van der Waals surface area (Å²) in [6, 6.07) is 3.20. The molecule has 7 heteroatoms. The minimum atomic E-state index is -0.648. The van der Waals surface area contributed by atoms with Crippen LogP contribution in [0.2, 0.25) is 0 Å². The van der Waals surface area contributed by atoms with Crippen molar-refractivity contribution in [1.29, 1.82) is 0 Å². The Bertz CT molecular complexity index is 524. The zero-order chi connectivity index (χ0) is 13.7. The predicted octanol–water partition coefficient (Wildman–Crippen LogP) is 1.28. The Hall–Kier alpha value is -1.86. The molecule has 2 aromatic rings. The van der Waals surface area contributed by atoms with Crippen LogP contribution in [0.3, 0.4) is 0 Å². The maximum absolute atomic E-state index is 13.1. The first-order valence-electron chi connectivity index (χ1n) is 5.76. The van der Waals surface area contributed by atoms with E-state index >= 15 is 0 Å². The Labute approximate surface area is 109 Å². The maximum atomic E-state index is 13.1. The van der Waals surface area contributed by atoms with E-state index in [1.165, 1.54) is 16.8 Å². The van der Waals surface area contributed by atoms with Crippen molar-refractivity contribution in [1.82, 2.24) is 20.3 Å². The molecule has 0 fully saturated rings. The molecular weight excluding hydrogens is 254 g/mol. The van der Waals surface area contributed by atoms with Crippen molar-refractivity contribution in [2.45, 2.75) is 6.54 Å². The van der Waals surface area contributed by atoms with Gasteiger partial charge in [-0.15, -0.1) is 5.10 Å². The van der Waals surface area contributed by atoms with Crippen LogP contribution in [0.15, 0.2) is 24.4 Å². The van der Waals surface area contributed by atoms with Crippen LogP contribution in [0, 0.1) is 11.6 Å². The average Bonchev–Trinajstić information content (AvgIpc) is 2.82. The summed E-state index contributed by atoms with van der Waals surface area (Å²) in [6.07, 6.45) is 1.62. The molecule has 2 rings (SSSR count). The fourth-order valence-corrected chi connectivity index (χ4v) is 1.57. The Kier molecular flexibility index (Phi) is 4.53. The highest BCUT2D eigenvalue weighted by Crippen LogP contribution is 2.11. The van der Waals surface area contributed by atoms with Gasteiger partial charge in [0.15, 0.2) is 0 Å². The van der Waals surface area contributed by atoms with Crippen molar-refractivity contribution in [3.8, 4) is 5.69 Å². The Morgan fingerprint density at radius 3 is 2.68 bits per heavy atom. The van der Waals surface area contributed by atoms with Crippen LogP contribution in [-0.2, 0) is 11.3 Å². The molecule has 0 spiro atoms. The number of methoxy groups -OCH3 is 1. The molecule has 0 aliphatic rings. The first-order chi connectivity index (χ1) is 9.19. The molecule has 0 bridgehead atoms. The zero-order valence-electron chi connectivity index (χ0n) is 10.4. The molecule has 5 nitrogen and oxygen atoms in total. The van der Waals surface area contributed by atoms with E-state index in [9.17, 15) is 8.78 Å². The standard InChI is InChI=1S/C12H14F2N4O/c1-19-3-2-15-7-11-8-18(17-16-11)12-5-9(13)4-10(14)6-12/h4-6,8,15H,2-3,7H2,1H3. The predicted molar refractivity (Wildman–Crippen MR) is 64.9 cm³/mol. The highest BCUT2D eigenvalue weighted by atomic mass is 19.1. The van der Waals surface area contributed by atoms with Gasteiger partial charge in [-0.3, -0.25) is 0 Å². The quantitative estimate of drug-likeness (QED) is 0.802. The second-order valence-corrected chi connectivity index (χ2v) is 3.95. The second kappa shape index (κ2) is 6.35. The van der Waals surface area contributed by atoms with Gasteiger partial charge in [0.25, 0.3) is 0 Å². The van der Waals surface area contributed by atoms with Crippen molar-refractivity contribution >= 4 is 0 Å². The smallest absolute Gasteiger partial charge is 0.128 e. The molecule has 0 aliphatic carbocycles. The zero-order valence-corrected chi connectivity index (χ0v) is 10.4. The third-order valence-corrected chi connectivity index (χ3v) is 2.44. The van der Waals surface area contributed by atoms with Gasteiger partial charge in [0.05, 0.1) is 24.2 Å². The SMILES string of the molecule is COCCNCc1cn(-c2cc(F)cc(F)c2)nn1. The van der Waals surface area contributed by atoms with E-state index < -0.39 is 11.6 Å². The number of rotatable bonds is 6. The third kappa shape index (κ3) is 3.80. The van der Waals surface area contributed by atoms with Crippen molar-refractivity contribution in [3.63, 3.8) is 0 Å². The lowest BCUT2D eigenvalue weighted by atomic mass is 10.3. The molecule has 1 aromatic carbocycles. The highest BCUT2D eigenvalue weighted by Gasteiger charge is 2.06. The number of aromatic nitrogens is 3. The van der Waals surface area contributed by atoms with Gasteiger partial charge >= 0.3 is 0 Å². The number of ether oxygens (including phenoxy) is 1. The Morgan fingerprint density at radius 2 is 2.00 bits per heavy atom. The number of nitrogens with one attached hydrogen (secondary N) is 1. The summed E-state index contributed by atoms with van der Waals surface area (Å²) in [4.78, 5) is 0. The Balaban J connectivity index is 2.03.